The number of rotatable bonds is 7. The average molecular weight is 284 g/mol. The van der Waals surface area contributed by atoms with Crippen molar-refractivity contribution >= 4 is 23.2 Å². The van der Waals surface area contributed by atoms with E-state index in [1.807, 2.05) is 26.2 Å². The largest absolute Gasteiger partial charge is 0.480 e. The SMILES string of the molecule is CCc1nc(CC(=O)NC(C(=O)O)C(C)CC)cs1. The van der Waals surface area contributed by atoms with E-state index in [2.05, 4.69) is 10.3 Å². The van der Waals surface area contributed by atoms with Gasteiger partial charge < -0.3 is 10.4 Å². The highest BCUT2D eigenvalue weighted by molar-refractivity contribution is 7.09. The maximum Gasteiger partial charge on any atom is 0.326 e. The van der Waals surface area contributed by atoms with Gasteiger partial charge in [0.2, 0.25) is 5.91 Å². The lowest BCUT2D eigenvalue weighted by molar-refractivity contribution is -0.143. The monoisotopic (exact) mass is 284 g/mol. The summed E-state index contributed by atoms with van der Waals surface area (Å²) in [4.78, 5) is 27.2. The molecule has 2 unspecified atom stereocenters. The standard InChI is InChI=1S/C13H20N2O3S/c1-4-8(3)12(13(17)18)15-10(16)6-9-7-19-11(5-2)14-9/h7-8,12H,4-6H2,1-3H3,(H,15,16)(H,17,18). The zero-order valence-electron chi connectivity index (χ0n) is 11.5. The molecule has 0 fully saturated rings. The van der Waals surface area contributed by atoms with Gasteiger partial charge in [-0.05, 0) is 12.3 Å². The molecule has 1 rings (SSSR count). The predicted molar refractivity (Wildman–Crippen MR) is 74.2 cm³/mol. The Morgan fingerprint density at radius 1 is 1.47 bits per heavy atom. The van der Waals surface area contributed by atoms with Crippen LogP contribution in [-0.4, -0.2) is 28.0 Å². The molecule has 0 aliphatic carbocycles. The molecule has 5 nitrogen and oxygen atoms in total. The van der Waals surface area contributed by atoms with Crippen molar-refractivity contribution in [3.05, 3.63) is 16.1 Å². The van der Waals surface area contributed by atoms with Crippen molar-refractivity contribution < 1.29 is 14.7 Å². The fourth-order valence-corrected chi connectivity index (χ4v) is 2.41. The predicted octanol–water partition coefficient (Wildman–Crippen LogP) is 1.86. The first-order valence-electron chi connectivity index (χ1n) is 6.43. The number of aryl methyl sites for hydroxylation is 1. The molecule has 0 aliphatic heterocycles. The quantitative estimate of drug-likeness (QED) is 0.801. The highest BCUT2D eigenvalue weighted by Crippen LogP contribution is 2.12. The van der Waals surface area contributed by atoms with Crippen molar-refractivity contribution in [1.29, 1.82) is 0 Å². The molecule has 0 radical (unpaired) electrons. The molecular weight excluding hydrogens is 264 g/mol. The van der Waals surface area contributed by atoms with E-state index in [0.717, 1.165) is 11.4 Å². The molecule has 1 aromatic rings. The van der Waals surface area contributed by atoms with Crippen LogP contribution in [0.4, 0.5) is 0 Å². The van der Waals surface area contributed by atoms with Crippen molar-refractivity contribution in [1.82, 2.24) is 10.3 Å². The third-order valence-electron chi connectivity index (χ3n) is 3.04. The van der Waals surface area contributed by atoms with Gasteiger partial charge in [0.25, 0.3) is 0 Å². The van der Waals surface area contributed by atoms with E-state index in [0.29, 0.717) is 12.1 Å². The fourth-order valence-electron chi connectivity index (χ4n) is 1.66. The van der Waals surface area contributed by atoms with Crippen LogP contribution in [0.25, 0.3) is 0 Å². The highest BCUT2D eigenvalue weighted by atomic mass is 32.1. The van der Waals surface area contributed by atoms with E-state index in [-0.39, 0.29) is 18.2 Å². The van der Waals surface area contributed by atoms with Crippen LogP contribution in [0.3, 0.4) is 0 Å². The Kier molecular flexibility index (Phi) is 5.95. The molecule has 1 heterocycles. The Balaban J connectivity index is 2.60. The summed E-state index contributed by atoms with van der Waals surface area (Å²) in [5.74, 6) is -1.38. The van der Waals surface area contributed by atoms with Gasteiger partial charge in [-0.15, -0.1) is 11.3 Å². The number of nitrogens with zero attached hydrogens (tertiary/aromatic N) is 1. The van der Waals surface area contributed by atoms with E-state index in [1.54, 1.807) is 0 Å². The van der Waals surface area contributed by atoms with Crippen molar-refractivity contribution in [3.8, 4) is 0 Å². The molecule has 0 saturated heterocycles. The highest BCUT2D eigenvalue weighted by Gasteiger charge is 2.25. The molecule has 0 bridgehead atoms. The second-order valence-corrected chi connectivity index (χ2v) is 5.47. The van der Waals surface area contributed by atoms with Crippen molar-refractivity contribution in [2.45, 2.75) is 46.1 Å². The van der Waals surface area contributed by atoms with E-state index < -0.39 is 12.0 Å². The van der Waals surface area contributed by atoms with Crippen molar-refractivity contribution in [2.75, 3.05) is 0 Å². The lowest BCUT2D eigenvalue weighted by Gasteiger charge is -2.19. The van der Waals surface area contributed by atoms with Crippen molar-refractivity contribution in [2.24, 2.45) is 5.92 Å². The van der Waals surface area contributed by atoms with E-state index >= 15 is 0 Å². The minimum atomic E-state index is -0.991. The summed E-state index contributed by atoms with van der Waals surface area (Å²) in [6.07, 6.45) is 1.68. The summed E-state index contributed by atoms with van der Waals surface area (Å²) in [5, 5.41) is 14.5. The Bertz CT molecular complexity index is 445. The summed E-state index contributed by atoms with van der Waals surface area (Å²) in [6, 6.07) is -0.832. The molecule has 106 valence electrons. The van der Waals surface area contributed by atoms with E-state index in [1.165, 1.54) is 11.3 Å². The van der Waals surface area contributed by atoms with E-state index in [4.69, 9.17) is 5.11 Å². The summed E-state index contributed by atoms with van der Waals surface area (Å²) in [7, 11) is 0. The van der Waals surface area contributed by atoms with Gasteiger partial charge in [0.05, 0.1) is 17.1 Å². The molecule has 1 amide bonds. The molecule has 6 heteroatoms. The van der Waals surface area contributed by atoms with Gasteiger partial charge in [-0.25, -0.2) is 9.78 Å². The van der Waals surface area contributed by atoms with Gasteiger partial charge in [0.15, 0.2) is 0 Å². The average Bonchev–Trinajstić information content (AvgIpc) is 2.82. The van der Waals surface area contributed by atoms with Gasteiger partial charge >= 0.3 is 5.97 Å². The maximum absolute atomic E-state index is 11.8. The molecule has 19 heavy (non-hydrogen) atoms. The second kappa shape index (κ2) is 7.23. The van der Waals surface area contributed by atoms with E-state index in [9.17, 15) is 9.59 Å². The lowest BCUT2D eigenvalue weighted by Crippen LogP contribution is -2.45. The van der Waals surface area contributed by atoms with Crippen LogP contribution in [0, 0.1) is 5.92 Å². The molecular formula is C13H20N2O3S. The van der Waals surface area contributed by atoms with Gasteiger partial charge in [0, 0.05) is 5.38 Å². The van der Waals surface area contributed by atoms with Crippen LogP contribution >= 0.6 is 11.3 Å². The maximum atomic E-state index is 11.8. The number of amides is 1. The van der Waals surface area contributed by atoms with Crippen LogP contribution in [0.15, 0.2) is 5.38 Å². The molecule has 1 aromatic heterocycles. The van der Waals surface area contributed by atoms with Crippen LogP contribution in [-0.2, 0) is 22.4 Å². The van der Waals surface area contributed by atoms with Crippen LogP contribution in [0.1, 0.15) is 37.9 Å². The second-order valence-electron chi connectivity index (χ2n) is 4.53. The molecule has 0 aromatic carbocycles. The van der Waals surface area contributed by atoms with Crippen LogP contribution in [0.5, 0.6) is 0 Å². The number of carboxylic acids is 1. The summed E-state index contributed by atoms with van der Waals surface area (Å²) < 4.78 is 0. The third-order valence-corrected chi connectivity index (χ3v) is 4.08. The van der Waals surface area contributed by atoms with Crippen LogP contribution in [0.2, 0.25) is 0 Å². The van der Waals surface area contributed by atoms with Gasteiger partial charge in [-0.3, -0.25) is 4.79 Å². The van der Waals surface area contributed by atoms with Gasteiger partial charge in [0.1, 0.15) is 6.04 Å². The van der Waals surface area contributed by atoms with Crippen LogP contribution < -0.4 is 5.32 Å². The minimum absolute atomic E-state index is 0.0944. The Morgan fingerprint density at radius 3 is 2.63 bits per heavy atom. The number of thiazole rings is 1. The number of carbonyl (C=O) groups is 2. The molecule has 0 saturated carbocycles. The minimum Gasteiger partial charge on any atom is -0.480 e. The number of hydrogen-bond donors (Lipinski definition) is 2. The van der Waals surface area contributed by atoms with Gasteiger partial charge in [-0.1, -0.05) is 27.2 Å². The zero-order valence-corrected chi connectivity index (χ0v) is 12.3. The Morgan fingerprint density at radius 2 is 2.16 bits per heavy atom. The summed E-state index contributed by atoms with van der Waals surface area (Å²) in [6.45, 7) is 5.73. The number of aromatic nitrogens is 1. The lowest BCUT2D eigenvalue weighted by atomic mass is 9.99. The zero-order chi connectivity index (χ0) is 14.4. The number of nitrogens with one attached hydrogen (secondary N) is 1. The van der Waals surface area contributed by atoms with Crippen molar-refractivity contribution in [3.63, 3.8) is 0 Å². The first-order chi connectivity index (χ1) is 8.97. The topological polar surface area (TPSA) is 79.3 Å². The third kappa shape index (κ3) is 4.63. The molecule has 2 N–H and O–H groups in total. The Hall–Kier alpha value is -1.43. The number of hydrogen-bond acceptors (Lipinski definition) is 4. The molecule has 0 aliphatic rings. The summed E-state index contributed by atoms with van der Waals surface area (Å²) >= 11 is 1.52. The van der Waals surface area contributed by atoms with Gasteiger partial charge in [-0.2, -0.15) is 0 Å². The normalized spacial score (nSPS) is 13.8. The first kappa shape index (κ1) is 15.6. The summed E-state index contributed by atoms with van der Waals surface area (Å²) in [5.41, 5.74) is 0.702. The fraction of sp³-hybridized carbons (Fsp3) is 0.615. The molecule has 0 spiro atoms. The number of carboxylic acid groups (broad SMARTS) is 1. The number of aliphatic carboxylic acids is 1. The Labute approximate surface area is 117 Å². The molecule has 2 atom stereocenters. The first-order valence-corrected chi connectivity index (χ1v) is 7.31. The number of carbonyl (C=O) groups excluding carboxylic acids is 1. The smallest absolute Gasteiger partial charge is 0.326 e.